The summed E-state index contributed by atoms with van der Waals surface area (Å²) in [6.07, 6.45) is 23.4. The highest BCUT2D eigenvalue weighted by molar-refractivity contribution is 5.55. The molecule has 3 heteroatoms. The lowest BCUT2D eigenvalue weighted by molar-refractivity contribution is 0.359. The number of aryl methyl sites for hydroxylation is 1. The van der Waals surface area contributed by atoms with Gasteiger partial charge in [0.2, 0.25) is 0 Å². The molecule has 0 unspecified atom stereocenters. The first-order chi connectivity index (χ1) is 14.8. The van der Waals surface area contributed by atoms with Crippen LogP contribution in [0, 0.1) is 0 Å². The van der Waals surface area contributed by atoms with Crippen molar-refractivity contribution in [1.82, 2.24) is 9.97 Å². The molecule has 0 spiro atoms. The molecular formula is C27H40N2O. The van der Waals surface area contributed by atoms with Crippen LogP contribution in [-0.2, 0) is 6.42 Å². The van der Waals surface area contributed by atoms with Crippen LogP contribution in [0.3, 0.4) is 0 Å². The number of allylic oxidation sites excluding steroid dienone is 1. The summed E-state index contributed by atoms with van der Waals surface area (Å²) in [5.74, 6) is 1.47. The van der Waals surface area contributed by atoms with E-state index in [0.717, 1.165) is 24.2 Å². The van der Waals surface area contributed by atoms with E-state index in [9.17, 15) is 0 Å². The smallest absolute Gasteiger partial charge is 0.159 e. The quantitative estimate of drug-likeness (QED) is 0.209. The van der Waals surface area contributed by atoms with E-state index < -0.39 is 0 Å². The van der Waals surface area contributed by atoms with Crippen molar-refractivity contribution < 1.29 is 4.74 Å². The topological polar surface area (TPSA) is 35.0 Å². The second-order valence-corrected chi connectivity index (χ2v) is 8.09. The largest absolute Gasteiger partial charge is 0.486 e. The Morgan fingerprint density at radius 3 is 2.07 bits per heavy atom. The molecule has 0 fully saturated rings. The lowest BCUT2D eigenvalue weighted by atomic mass is 10.0. The Morgan fingerprint density at radius 1 is 0.733 bits per heavy atom. The average Bonchev–Trinajstić information content (AvgIpc) is 2.79. The van der Waals surface area contributed by atoms with Crippen molar-refractivity contribution in [3.63, 3.8) is 0 Å². The van der Waals surface area contributed by atoms with Gasteiger partial charge in [0.25, 0.3) is 0 Å². The summed E-state index contributed by atoms with van der Waals surface area (Å²) in [4.78, 5) is 8.94. The highest BCUT2D eigenvalue weighted by atomic mass is 16.5. The first-order valence-corrected chi connectivity index (χ1v) is 12.0. The monoisotopic (exact) mass is 408 g/mol. The lowest BCUT2D eigenvalue weighted by Gasteiger charge is -2.06. The minimum atomic E-state index is 0.572. The van der Waals surface area contributed by atoms with Gasteiger partial charge in [0.1, 0.15) is 6.61 Å². The predicted molar refractivity (Wildman–Crippen MR) is 128 cm³/mol. The van der Waals surface area contributed by atoms with Crippen LogP contribution in [-0.4, -0.2) is 16.6 Å². The zero-order chi connectivity index (χ0) is 21.3. The highest BCUT2D eigenvalue weighted by Gasteiger charge is 2.03. The van der Waals surface area contributed by atoms with Gasteiger partial charge in [-0.05, 0) is 31.2 Å². The van der Waals surface area contributed by atoms with Crippen LogP contribution < -0.4 is 4.74 Å². The van der Waals surface area contributed by atoms with Crippen molar-refractivity contribution in [3.05, 3.63) is 54.4 Å². The Bertz CT molecular complexity index is 692. The summed E-state index contributed by atoms with van der Waals surface area (Å²) in [5.41, 5.74) is 2.46. The van der Waals surface area contributed by atoms with Crippen molar-refractivity contribution in [2.45, 2.75) is 90.9 Å². The fraction of sp³-hybridized carbons (Fsp3) is 0.556. The minimum absolute atomic E-state index is 0.572. The number of aromatic nitrogens is 2. The minimum Gasteiger partial charge on any atom is -0.486 e. The molecule has 0 amide bonds. The van der Waals surface area contributed by atoms with Crippen molar-refractivity contribution in [2.75, 3.05) is 6.61 Å². The fourth-order valence-corrected chi connectivity index (χ4v) is 3.49. The van der Waals surface area contributed by atoms with E-state index in [-0.39, 0.29) is 0 Å². The summed E-state index contributed by atoms with van der Waals surface area (Å²) in [7, 11) is 0. The molecule has 1 heterocycles. The third-order valence-corrected chi connectivity index (χ3v) is 5.40. The second kappa shape index (κ2) is 15.6. The molecule has 30 heavy (non-hydrogen) atoms. The van der Waals surface area contributed by atoms with Crippen molar-refractivity contribution in [2.24, 2.45) is 0 Å². The van der Waals surface area contributed by atoms with E-state index in [4.69, 9.17) is 4.74 Å². The fourth-order valence-electron chi connectivity index (χ4n) is 3.49. The third-order valence-electron chi connectivity index (χ3n) is 5.40. The van der Waals surface area contributed by atoms with Crippen LogP contribution in [0.5, 0.6) is 5.75 Å². The molecule has 1 aromatic heterocycles. The molecule has 2 rings (SSSR count). The number of benzene rings is 1. The molecular weight excluding hydrogens is 368 g/mol. The van der Waals surface area contributed by atoms with Crippen molar-refractivity contribution in [1.29, 1.82) is 0 Å². The van der Waals surface area contributed by atoms with Crippen molar-refractivity contribution in [3.8, 4) is 17.1 Å². The Morgan fingerprint density at radius 2 is 1.37 bits per heavy atom. The standard InChI is InChI=1S/C27H40N2O/c1-3-5-7-9-11-12-14-16-24-17-19-25(20-18-24)27-28-22-26(23-29-27)30-21-15-13-10-8-6-4-2/h13,15,17-20,22-23H,3-12,14,16,21H2,1-2H3/b15-13+. The Balaban J connectivity index is 1.69. The Labute approximate surface area is 184 Å². The maximum atomic E-state index is 5.70. The van der Waals surface area contributed by atoms with Gasteiger partial charge < -0.3 is 4.74 Å². The molecule has 0 radical (unpaired) electrons. The molecule has 3 nitrogen and oxygen atoms in total. The summed E-state index contributed by atoms with van der Waals surface area (Å²) < 4.78 is 5.70. The van der Waals surface area contributed by atoms with Crippen LogP contribution >= 0.6 is 0 Å². The van der Waals surface area contributed by atoms with Gasteiger partial charge in [-0.25, -0.2) is 9.97 Å². The van der Waals surface area contributed by atoms with Gasteiger partial charge in [-0.2, -0.15) is 0 Å². The van der Waals surface area contributed by atoms with Crippen LogP contribution in [0.15, 0.2) is 48.8 Å². The molecule has 164 valence electrons. The molecule has 0 saturated heterocycles. The van der Waals surface area contributed by atoms with E-state index in [1.165, 1.54) is 69.8 Å². The first kappa shape index (κ1) is 24.1. The number of unbranched alkanes of at least 4 members (excludes halogenated alkanes) is 9. The molecule has 0 bridgehead atoms. The van der Waals surface area contributed by atoms with E-state index in [1.54, 1.807) is 12.4 Å². The molecule has 0 aliphatic rings. The van der Waals surface area contributed by atoms with E-state index in [2.05, 4.69) is 60.2 Å². The molecule has 1 aromatic carbocycles. The molecule has 0 aliphatic heterocycles. The summed E-state index contributed by atoms with van der Waals surface area (Å²) in [6, 6.07) is 8.68. The number of hydrogen-bond acceptors (Lipinski definition) is 3. The summed E-state index contributed by atoms with van der Waals surface area (Å²) in [5, 5.41) is 0. The second-order valence-electron chi connectivity index (χ2n) is 8.09. The third kappa shape index (κ3) is 10.0. The zero-order valence-electron chi connectivity index (χ0n) is 19.1. The molecule has 0 saturated carbocycles. The van der Waals surface area contributed by atoms with Gasteiger partial charge in [-0.15, -0.1) is 0 Å². The number of ether oxygens (including phenoxy) is 1. The molecule has 0 aliphatic carbocycles. The van der Waals surface area contributed by atoms with Crippen LogP contribution in [0.4, 0.5) is 0 Å². The van der Waals surface area contributed by atoms with E-state index in [0.29, 0.717) is 12.4 Å². The maximum absolute atomic E-state index is 5.70. The Hall–Kier alpha value is -2.16. The summed E-state index contributed by atoms with van der Waals surface area (Å²) >= 11 is 0. The van der Waals surface area contributed by atoms with Gasteiger partial charge in [-0.1, -0.05) is 102 Å². The normalized spacial score (nSPS) is 11.3. The first-order valence-electron chi connectivity index (χ1n) is 12.0. The average molecular weight is 409 g/mol. The van der Waals surface area contributed by atoms with Crippen LogP contribution in [0.25, 0.3) is 11.4 Å². The molecule has 0 N–H and O–H groups in total. The highest BCUT2D eigenvalue weighted by Crippen LogP contribution is 2.18. The lowest BCUT2D eigenvalue weighted by Crippen LogP contribution is -1.96. The summed E-state index contributed by atoms with van der Waals surface area (Å²) in [6.45, 7) is 5.07. The molecule has 0 atom stereocenters. The molecule has 2 aromatic rings. The van der Waals surface area contributed by atoms with Gasteiger partial charge in [0, 0.05) is 5.56 Å². The number of hydrogen-bond donors (Lipinski definition) is 0. The number of nitrogens with zero attached hydrogens (tertiary/aromatic N) is 2. The maximum Gasteiger partial charge on any atom is 0.159 e. The van der Waals surface area contributed by atoms with Crippen LogP contribution in [0.1, 0.15) is 90.0 Å². The Kier molecular flexibility index (Phi) is 12.6. The van der Waals surface area contributed by atoms with E-state index in [1.807, 2.05) is 0 Å². The number of rotatable bonds is 16. The van der Waals surface area contributed by atoms with Gasteiger partial charge >= 0.3 is 0 Å². The van der Waals surface area contributed by atoms with E-state index >= 15 is 0 Å². The van der Waals surface area contributed by atoms with Crippen molar-refractivity contribution >= 4 is 0 Å². The van der Waals surface area contributed by atoms with Gasteiger partial charge in [0.15, 0.2) is 11.6 Å². The predicted octanol–water partition coefficient (Wildman–Crippen LogP) is 7.95. The van der Waals surface area contributed by atoms with Crippen LogP contribution in [0.2, 0.25) is 0 Å². The van der Waals surface area contributed by atoms with Gasteiger partial charge in [-0.3, -0.25) is 0 Å². The SMILES string of the molecule is CCCCC/C=C/COc1cnc(-c2ccc(CCCCCCCCC)cc2)nc1. The zero-order valence-corrected chi connectivity index (χ0v) is 19.1. The van der Waals surface area contributed by atoms with Gasteiger partial charge in [0.05, 0.1) is 12.4 Å².